The van der Waals surface area contributed by atoms with Gasteiger partial charge in [0, 0.05) is 30.7 Å². The van der Waals surface area contributed by atoms with E-state index in [0.29, 0.717) is 22.2 Å². The molecule has 0 saturated heterocycles. The van der Waals surface area contributed by atoms with Gasteiger partial charge in [-0.25, -0.2) is 4.98 Å². The maximum Gasteiger partial charge on any atom is 0.173 e. The van der Waals surface area contributed by atoms with Crippen LogP contribution in [0.5, 0.6) is 5.75 Å². The molecule has 1 aliphatic heterocycles. The van der Waals surface area contributed by atoms with E-state index in [4.69, 9.17) is 16.6 Å². The van der Waals surface area contributed by atoms with Crippen molar-refractivity contribution in [1.29, 1.82) is 0 Å². The van der Waals surface area contributed by atoms with Gasteiger partial charge in [0.2, 0.25) is 0 Å². The van der Waals surface area contributed by atoms with Crippen molar-refractivity contribution in [3.05, 3.63) is 76.3 Å². The van der Waals surface area contributed by atoms with Gasteiger partial charge in [0.1, 0.15) is 11.4 Å². The summed E-state index contributed by atoms with van der Waals surface area (Å²) in [4.78, 5) is 8.10. The van der Waals surface area contributed by atoms with Crippen molar-refractivity contribution in [3.8, 4) is 39.7 Å². The molecule has 3 heterocycles. The number of hydrogen-bond acceptors (Lipinski definition) is 4. The van der Waals surface area contributed by atoms with Crippen LogP contribution in [-0.4, -0.2) is 24.9 Å². The number of aromatic hydroxyl groups is 1. The Kier molecular flexibility index (Phi) is 4.54. The summed E-state index contributed by atoms with van der Waals surface area (Å²) in [6, 6.07) is 18.2. The Bertz CT molecular complexity index is 1470. The minimum Gasteiger partial charge on any atom is -0.504 e. The van der Waals surface area contributed by atoms with Crippen molar-refractivity contribution in [1.82, 2.24) is 25.1 Å². The summed E-state index contributed by atoms with van der Waals surface area (Å²) in [5.74, 6) is 0.712. The largest absolute Gasteiger partial charge is 0.504 e. The summed E-state index contributed by atoms with van der Waals surface area (Å²) in [6.07, 6.45) is 0. The molecule has 0 aliphatic carbocycles. The van der Waals surface area contributed by atoms with Crippen molar-refractivity contribution in [2.24, 2.45) is 7.05 Å². The second-order valence-corrected chi connectivity index (χ2v) is 9.03. The van der Waals surface area contributed by atoms with Gasteiger partial charge in [0.05, 0.1) is 11.0 Å². The topological polar surface area (TPSA) is 78.8 Å². The maximum atomic E-state index is 11.1. The molecular formula is C26H22ClN5O. The van der Waals surface area contributed by atoms with Crippen LogP contribution in [0.25, 0.3) is 44.9 Å². The van der Waals surface area contributed by atoms with Crippen LogP contribution in [0.15, 0.2) is 54.6 Å². The molecule has 0 bridgehead atoms. The predicted octanol–water partition coefficient (Wildman–Crippen LogP) is 5.57. The van der Waals surface area contributed by atoms with E-state index in [-0.39, 0.29) is 5.75 Å². The lowest BCUT2D eigenvalue weighted by atomic mass is 10.0. The fourth-order valence-electron chi connectivity index (χ4n) is 4.61. The average molecular weight is 456 g/mol. The number of halogens is 1. The summed E-state index contributed by atoms with van der Waals surface area (Å²) < 4.78 is 1.67. The lowest BCUT2D eigenvalue weighted by molar-refractivity contribution is 0.478. The molecule has 2 aromatic heterocycles. The van der Waals surface area contributed by atoms with E-state index in [0.717, 1.165) is 46.4 Å². The number of hydrogen-bond donors (Lipinski definition) is 3. The number of fused-ring (bicyclic) bond motifs is 2. The minimum atomic E-state index is 0.108. The van der Waals surface area contributed by atoms with E-state index in [1.807, 2.05) is 50.4 Å². The molecule has 0 saturated carbocycles. The summed E-state index contributed by atoms with van der Waals surface area (Å²) in [7, 11) is 1.82. The molecule has 0 fully saturated rings. The Hall–Kier alpha value is -3.61. The van der Waals surface area contributed by atoms with Gasteiger partial charge in [-0.1, -0.05) is 41.9 Å². The van der Waals surface area contributed by atoms with Crippen LogP contribution in [0, 0.1) is 6.92 Å². The van der Waals surface area contributed by atoms with Gasteiger partial charge in [0.15, 0.2) is 11.6 Å². The highest BCUT2D eigenvalue weighted by Gasteiger charge is 2.22. The SMILES string of the molecule is Cc1cc(Cl)cc(-c2ccc(-c3nn(C)c(-c4nc5cc6c(cc5[nH]4)CNC6)c3O)cc2)c1. The third kappa shape index (κ3) is 3.39. The number of H-pyrrole nitrogens is 1. The summed E-state index contributed by atoms with van der Waals surface area (Å²) in [5.41, 5.74) is 9.53. The Morgan fingerprint density at radius 2 is 1.67 bits per heavy atom. The first-order chi connectivity index (χ1) is 16.0. The molecule has 5 aromatic rings. The van der Waals surface area contributed by atoms with E-state index in [9.17, 15) is 5.11 Å². The van der Waals surface area contributed by atoms with Gasteiger partial charge in [-0.3, -0.25) is 4.68 Å². The number of imidazole rings is 1. The zero-order valence-corrected chi connectivity index (χ0v) is 19.0. The van der Waals surface area contributed by atoms with Crippen LogP contribution in [0.2, 0.25) is 5.02 Å². The molecule has 6 rings (SSSR count). The number of benzene rings is 3. The summed E-state index contributed by atoms with van der Waals surface area (Å²) in [6.45, 7) is 3.75. The number of rotatable bonds is 3. The number of nitrogens with one attached hydrogen (secondary N) is 2. The number of aromatic amines is 1. The molecule has 6 nitrogen and oxygen atoms in total. The Morgan fingerprint density at radius 1 is 0.939 bits per heavy atom. The van der Waals surface area contributed by atoms with E-state index in [1.54, 1.807) is 4.68 Å². The van der Waals surface area contributed by atoms with Gasteiger partial charge >= 0.3 is 0 Å². The van der Waals surface area contributed by atoms with E-state index in [2.05, 4.69) is 33.6 Å². The first-order valence-corrected chi connectivity index (χ1v) is 11.2. The lowest BCUT2D eigenvalue weighted by Crippen LogP contribution is -1.99. The average Bonchev–Trinajstić information content (AvgIpc) is 3.47. The Balaban J connectivity index is 1.38. The molecule has 0 amide bonds. The monoisotopic (exact) mass is 455 g/mol. The van der Waals surface area contributed by atoms with Crippen molar-refractivity contribution < 1.29 is 5.11 Å². The lowest BCUT2D eigenvalue weighted by Gasteiger charge is -2.06. The van der Waals surface area contributed by atoms with Crippen LogP contribution < -0.4 is 5.32 Å². The third-order valence-corrected chi connectivity index (χ3v) is 6.43. The van der Waals surface area contributed by atoms with Crippen LogP contribution in [0.1, 0.15) is 16.7 Å². The zero-order valence-electron chi connectivity index (χ0n) is 18.3. The van der Waals surface area contributed by atoms with Crippen molar-refractivity contribution in [3.63, 3.8) is 0 Å². The van der Waals surface area contributed by atoms with E-state index in [1.165, 1.54) is 11.1 Å². The van der Waals surface area contributed by atoms with Crippen LogP contribution in [-0.2, 0) is 20.1 Å². The molecule has 3 N–H and O–H groups in total. The number of aromatic nitrogens is 4. The molecule has 164 valence electrons. The highest BCUT2D eigenvalue weighted by atomic mass is 35.5. The van der Waals surface area contributed by atoms with Gasteiger partial charge in [0.25, 0.3) is 0 Å². The highest BCUT2D eigenvalue weighted by molar-refractivity contribution is 6.31. The molecule has 0 spiro atoms. The molecule has 1 aliphatic rings. The van der Waals surface area contributed by atoms with Crippen molar-refractivity contribution in [2.45, 2.75) is 20.0 Å². The third-order valence-electron chi connectivity index (χ3n) is 6.21. The molecule has 0 atom stereocenters. The zero-order chi connectivity index (χ0) is 22.7. The fourth-order valence-corrected chi connectivity index (χ4v) is 4.90. The number of nitrogens with zero attached hydrogens (tertiary/aromatic N) is 3. The quantitative estimate of drug-likeness (QED) is 0.332. The van der Waals surface area contributed by atoms with Gasteiger partial charge in [-0.2, -0.15) is 5.10 Å². The van der Waals surface area contributed by atoms with E-state index < -0.39 is 0 Å². The fraction of sp³-hybridized carbons (Fsp3) is 0.154. The van der Waals surface area contributed by atoms with E-state index >= 15 is 0 Å². The maximum absolute atomic E-state index is 11.1. The summed E-state index contributed by atoms with van der Waals surface area (Å²) in [5, 5.41) is 19.8. The minimum absolute atomic E-state index is 0.108. The Morgan fingerprint density at radius 3 is 2.42 bits per heavy atom. The Labute approximate surface area is 195 Å². The normalized spacial score (nSPS) is 13.1. The van der Waals surface area contributed by atoms with Crippen LogP contribution in [0.4, 0.5) is 0 Å². The first-order valence-electron chi connectivity index (χ1n) is 10.8. The van der Waals surface area contributed by atoms with Gasteiger partial charge in [-0.05, 0) is 59.0 Å². The molecular weight excluding hydrogens is 434 g/mol. The molecule has 0 unspecified atom stereocenters. The van der Waals surface area contributed by atoms with Crippen LogP contribution >= 0.6 is 11.6 Å². The molecule has 33 heavy (non-hydrogen) atoms. The predicted molar refractivity (Wildman–Crippen MR) is 131 cm³/mol. The number of aryl methyl sites for hydroxylation is 2. The van der Waals surface area contributed by atoms with Gasteiger partial charge < -0.3 is 15.4 Å². The van der Waals surface area contributed by atoms with Gasteiger partial charge in [-0.15, -0.1) is 0 Å². The second-order valence-electron chi connectivity index (χ2n) is 8.59. The smallest absolute Gasteiger partial charge is 0.173 e. The molecule has 0 radical (unpaired) electrons. The van der Waals surface area contributed by atoms with Crippen LogP contribution in [0.3, 0.4) is 0 Å². The highest BCUT2D eigenvalue weighted by Crippen LogP contribution is 2.38. The van der Waals surface area contributed by atoms with Crippen molar-refractivity contribution in [2.75, 3.05) is 0 Å². The first kappa shape index (κ1) is 20.0. The molecule has 3 aromatic carbocycles. The standard InChI is InChI=1S/C26H22ClN5O/c1-14-7-17(9-20(27)8-14)15-3-5-16(6-4-15)23-25(33)24(32(2)31-23)26-29-21-10-18-12-28-13-19(18)11-22(21)30-26/h3-11,28,33H,12-13H2,1-2H3,(H,29,30). The van der Waals surface area contributed by atoms with Crippen molar-refractivity contribution >= 4 is 22.6 Å². The molecule has 7 heteroatoms. The summed E-state index contributed by atoms with van der Waals surface area (Å²) >= 11 is 6.23. The second kappa shape index (κ2) is 7.47.